The smallest absolute Gasteiger partial charge is 0.250 e. The summed E-state index contributed by atoms with van der Waals surface area (Å²) < 4.78 is 5.16. The van der Waals surface area contributed by atoms with Crippen LogP contribution in [0, 0.1) is 0 Å². The molecule has 1 aromatic carbocycles. The van der Waals surface area contributed by atoms with Crippen molar-refractivity contribution in [1.82, 2.24) is 0 Å². The number of carbonyl (C=O) groups is 1. The molecule has 16 heavy (non-hydrogen) atoms. The number of rotatable bonds is 4. The van der Waals surface area contributed by atoms with Crippen LogP contribution >= 0.6 is 23.2 Å². The maximum Gasteiger partial charge on any atom is 0.250 e. The van der Waals surface area contributed by atoms with E-state index in [9.17, 15) is 4.79 Å². The number of hydrogen-bond acceptors (Lipinski definition) is 2. The highest BCUT2D eigenvalue weighted by Gasteiger charge is 2.07. The second-order valence-corrected chi connectivity index (χ2v) is 4.38. The van der Waals surface area contributed by atoms with Crippen molar-refractivity contribution >= 4 is 34.8 Å². The van der Waals surface area contributed by atoms with Crippen LogP contribution in [0.2, 0.25) is 10.0 Å². The highest BCUT2D eigenvalue weighted by molar-refractivity contribution is 6.35. The molecule has 0 bridgehead atoms. The van der Waals surface area contributed by atoms with Crippen LogP contribution in [-0.2, 0) is 9.53 Å². The van der Waals surface area contributed by atoms with Gasteiger partial charge >= 0.3 is 0 Å². The van der Waals surface area contributed by atoms with Gasteiger partial charge in [0.05, 0.1) is 16.8 Å². The van der Waals surface area contributed by atoms with Gasteiger partial charge in [0.1, 0.15) is 6.61 Å². The van der Waals surface area contributed by atoms with Crippen molar-refractivity contribution in [1.29, 1.82) is 0 Å². The molecule has 0 saturated heterocycles. The van der Waals surface area contributed by atoms with Crippen LogP contribution in [0.3, 0.4) is 0 Å². The predicted molar refractivity (Wildman–Crippen MR) is 66.2 cm³/mol. The lowest BCUT2D eigenvalue weighted by atomic mass is 10.3. The number of carbonyl (C=O) groups excluding carboxylic acids is 1. The number of halogens is 2. The van der Waals surface area contributed by atoms with E-state index in [0.717, 1.165) is 0 Å². The molecule has 0 radical (unpaired) electrons. The van der Waals surface area contributed by atoms with Crippen LogP contribution in [-0.4, -0.2) is 18.6 Å². The van der Waals surface area contributed by atoms with Crippen molar-refractivity contribution in [3.63, 3.8) is 0 Å². The van der Waals surface area contributed by atoms with Crippen molar-refractivity contribution in [3.8, 4) is 0 Å². The summed E-state index contributed by atoms with van der Waals surface area (Å²) in [5.74, 6) is -0.252. The summed E-state index contributed by atoms with van der Waals surface area (Å²) in [4.78, 5) is 11.4. The maximum atomic E-state index is 11.4. The third-order valence-corrected chi connectivity index (χ3v) is 2.31. The van der Waals surface area contributed by atoms with Crippen LogP contribution in [0.1, 0.15) is 13.8 Å². The molecule has 0 heterocycles. The van der Waals surface area contributed by atoms with E-state index in [1.54, 1.807) is 18.2 Å². The van der Waals surface area contributed by atoms with Gasteiger partial charge in [-0.1, -0.05) is 23.2 Å². The fraction of sp³-hybridized carbons (Fsp3) is 0.364. The molecule has 0 unspecified atom stereocenters. The molecule has 0 aliphatic rings. The Morgan fingerprint density at radius 2 is 2.12 bits per heavy atom. The van der Waals surface area contributed by atoms with E-state index in [-0.39, 0.29) is 18.6 Å². The first-order valence-electron chi connectivity index (χ1n) is 4.85. The Morgan fingerprint density at radius 3 is 2.75 bits per heavy atom. The molecular formula is C11H13Cl2NO2. The van der Waals surface area contributed by atoms with Gasteiger partial charge in [-0.05, 0) is 32.0 Å². The molecule has 1 rings (SSSR count). The van der Waals surface area contributed by atoms with Crippen LogP contribution in [0.5, 0.6) is 0 Å². The number of benzene rings is 1. The van der Waals surface area contributed by atoms with Gasteiger partial charge in [-0.25, -0.2) is 0 Å². The molecule has 3 nitrogen and oxygen atoms in total. The first-order chi connectivity index (χ1) is 7.49. The molecule has 1 aromatic rings. The minimum absolute atomic E-state index is 0.000505. The van der Waals surface area contributed by atoms with Gasteiger partial charge in [-0.3, -0.25) is 4.79 Å². The Balaban J connectivity index is 2.59. The lowest BCUT2D eigenvalue weighted by molar-refractivity contribution is -0.121. The third-order valence-electron chi connectivity index (χ3n) is 1.75. The fourth-order valence-corrected chi connectivity index (χ4v) is 1.36. The maximum absolute atomic E-state index is 11.4. The number of anilines is 1. The monoisotopic (exact) mass is 261 g/mol. The van der Waals surface area contributed by atoms with Crippen molar-refractivity contribution in [3.05, 3.63) is 28.2 Å². The quantitative estimate of drug-likeness (QED) is 0.903. The second-order valence-electron chi connectivity index (χ2n) is 3.53. The van der Waals surface area contributed by atoms with Crippen LogP contribution < -0.4 is 5.32 Å². The van der Waals surface area contributed by atoms with Crippen LogP contribution in [0.15, 0.2) is 18.2 Å². The average molecular weight is 262 g/mol. The molecule has 0 fully saturated rings. The van der Waals surface area contributed by atoms with E-state index in [4.69, 9.17) is 27.9 Å². The van der Waals surface area contributed by atoms with Gasteiger partial charge < -0.3 is 10.1 Å². The zero-order chi connectivity index (χ0) is 12.1. The molecule has 0 aliphatic carbocycles. The zero-order valence-electron chi connectivity index (χ0n) is 9.09. The Kier molecular flexibility index (Phi) is 5.06. The Labute approximate surface area is 105 Å². The SMILES string of the molecule is CC(C)OCC(=O)Nc1cc(Cl)ccc1Cl. The third kappa shape index (κ3) is 4.39. The van der Waals surface area contributed by atoms with Gasteiger partial charge in [0.2, 0.25) is 5.91 Å². The normalized spacial score (nSPS) is 10.6. The second kappa shape index (κ2) is 6.09. The summed E-state index contributed by atoms with van der Waals surface area (Å²) in [5, 5.41) is 3.59. The molecule has 0 spiro atoms. The number of nitrogens with one attached hydrogen (secondary N) is 1. The van der Waals surface area contributed by atoms with Crippen LogP contribution in [0.4, 0.5) is 5.69 Å². The van der Waals surface area contributed by atoms with Gasteiger partial charge in [0.15, 0.2) is 0 Å². The summed E-state index contributed by atoms with van der Waals surface area (Å²) in [6, 6.07) is 4.88. The van der Waals surface area contributed by atoms with Gasteiger partial charge in [0.25, 0.3) is 0 Å². The Morgan fingerprint density at radius 1 is 1.44 bits per heavy atom. The standard InChI is InChI=1S/C11H13Cl2NO2/c1-7(2)16-6-11(15)14-10-5-8(12)3-4-9(10)13/h3-5,7H,6H2,1-2H3,(H,14,15). The molecule has 5 heteroatoms. The lowest BCUT2D eigenvalue weighted by Crippen LogP contribution is -2.20. The summed E-state index contributed by atoms with van der Waals surface area (Å²) in [5.41, 5.74) is 0.492. The summed E-state index contributed by atoms with van der Waals surface area (Å²) in [6.45, 7) is 3.72. The van der Waals surface area contributed by atoms with Gasteiger partial charge in [-0.15, -0.1) is 0 Å². The molecule has 1 N–H and O–H groups in total. The summed E-state index contributed by atoms with van der Waals surface area (Å²) >= 11 is 11.7. The molecule has 0 aromatic heterocycles. The highest BCUT2D eigenvalue weighted by atomic mass is 35.5. The minimum Gasteiger partial charge on any atom is -0.369 e. The van der Waals surface area contributed by atoms with E-state index in [1.807, 2.05) is 13.8 Å². The zero-order valence-corrected chi connectivity index (χ0v) is 10.6. The molecular weight excluding hydrogens is 249 g/mol. The van der Waals surface area contributed by atoms with Crippen molar-refractivity contribution in [2.75, 3.05) is 11.9 Å². The predicted octanol–water partition coefficient (Wildman–Crippen LogP) is 3.36. The first kappa shape index (κ1) is 13.3. The van der Waals surface area contributed by atoms with Gasteiger partial charge in [-0.2, -0.15) is 0 Å². The molecule has 0 aliphatic heterocycles. The van der Waals surface area contributed by atoms with E-state index >= 15 is 0 Å². The Hall–Kier alpha value is -0.770. The fourth-order valence-electron chi connectivity index (χ4n) is 1.02. The molecule has 88 valence electrons. The number of ether oxygens (including phenoxy) is 1. The van der Waals surface area contributed by atoms with E-state index in [1.165, 1.54) is 0 Å². The molecule has 0 atom stereocenters. The first-order valence-corrected chi connectivity index (χ1v) is 5.61. The summed E-state index contributed by atoms with van der Waals surface area (Å²) in [7, 11) is 0. The van der Waals surface area contributed by atoms with E-state index in [0.29, 0.717) is 15.7 Å². The van der Waals surface area contributed by atoms with E-state index < -0.39 is 0 Å². The van der Waals surface area contributed by atoms with Gasteiger partial charge in [0, 0.05) is 5.02 Å². The number of amides is 1. The minimum atomic E-state index is -0.252. The largest absolute Gasteiger partial charge is 0.369 e. The molecule has 1 amide bonds. The average Bonchev–Trinajstić information content (AvgIpc) is 2.20. The van der Waals surface area contributed by atoms with Crippen molar-refractivity contribution in [2.24, 2.45) is 0 Å². The lowest BCUT2D eigenvalue weighted by Gasteiger charge is -2.09. The highest BCUT2D eigenvalue weighted by Crippen LogP contribution is 2.25. The van der Waals surface area contributed by atoms with Crippen molar-refractivity contribution in [2.45, 2.75) is 20.0 Å². The van der Waals surface area contributed by atoms with Crippen LogP contribution in [0.25, 0.3) is 0 Å². The summed E-state index contributed by atoms with van der Waals surface area (Å²) in [6.07, 6.45) is 0.0144. The molecule has 0 saturated carbocycles. The topological polar surface area (TPSA) is 38.3 Å². The van der Waals surface area contributed by atoms with Crippen molar-refractivity contribution < 1.29 is 9.53 Å². The Bertz CT molecular complexity index is 380. The number of hydrogen-bond donors (Lipinski definition) is 1. The van der Waals surface area contributed by atoms with E-state index in [2.05, 4.69) is 5.32 Å².